The SMILES string of the molecule is Cc1cccc(NCc2nc(C(=O)O)co2)c1. The number of aryl methyl sites for hydroxylation is 1. The summed E-state index contributed by atoms with van der Waals surface area (Å²) in [5, 5.41) is 11.8. The van der Waals surface area contributed by atoms with Crippen molar-refractivity contribution in [2.45, 2.75) is 13.5 Å². The quantitative estimate of drug-likeness (QED) is 0.845. The van der Waals surface area contributed by atoms with E-state index in [1.807, 2.05) is 31.2 Å². The first kappa shape index (κ1) is 11.2. The topological polar surface area (TPSA) is 75.4 Å². The van der Waals surface area contributed by atoms with E-state index in [0.717, 1.165) is 17.5 Å². The highest BCUT2D eigenvalue weighted by Gasteiger charge is 2.09. The van der Waals surface area contributed by atoms with Gasteiger partial charge in [0.1, 0.15) is 6.26 Å². The van der Waals surface area contributed by atoms with Crippen molar-refractivity contribution >= 4 is 11.7 Å². The monoisotopic (exact) mass is 232 g/mol. The smallest absolute Gasteiger partial charge is 0.357 e. The number of nitrogens with zero attached hydrogens (tertiary/aromatic N) is 1. The van der Waals surface area contributed by atoms with Gasteiger partial charge in [0, 0.05) is 5.69 Å². The molecule has 0 saturated carbocycles. The number of nitrogens with one attached hydrogen (secondary N) is 1. The van der Waals surface area contributed by atoms with E-state index in [2.05, 4.69) is 10.3 Å². The normalized spacial score (nSPS) is 10.2. The fraction of sp³-hybridized carbons (Fsp3) is 0.167. The van der Waals surface area contributed by atoms with Crippen LogP contribution in [0.1, 0.15) is 21.9 Å². The van der Waals surface area contributed by atoms with Crippen molar-refractivity contribution in [3.8, 4) is 0 Å². The van der Waals surface area contributed by atoms with E-state index in [1.165, 1.54) is 0 Å². The van der Waals surface area contributed by atoms with Crippen molar-refractivity contribution in [1.29, 1.82) is 0 Å². The first-order valence-corrected chi connectivity index (χ1v) is 5.13. The predicted octanol–water partition coefficient (Wildman–Crippen LogP) is 2.29. The number of rotatable bonds is 4. The molecule has 17 heavy (non-hydrogen) atoms. The van der Waals surface area contributed by atoms with Gasteiger partial charge in [0.25, 0.3) is 0 Å². The minimum atomic E-state index is -1.09. The summed E-state index contributed by atoms with van der Waals surface area (Å²) < 4.78 is 5.02. The van der Waals surface area contributed by atoms with E-state index >= 15 is 0 Å². The van der Waals surface area contributed by atoms with Crippen LogP contribution in [-0.4, -0.2) is 16.1 Å². The lowest BCUT2D eigenvalue weighted by atomic mass is 10.2. The number of carbonyl (C=O) groups is 1. The van der Waals surface area contributed by atoms with E-state index in [1.54, 1.807) is 0 Å². The molecule has 2 rings (SSSR count). The molecule has 1 aromatic carbocycles. The number of hydrogen-bond donors (Lipinski definition) is 2. The second kappa shape index (κ2) is 4.69. The first-order chi connectivity index (χ1) is 8.15. The molecule has 1 heterocycles. The van der Waals surface area contributed by atoms with Crippen LogP contribution in [0.15, 0.2) is 34.9 Å². The molecule has 0 fully saturated rings. The zero-order valence-electron chi connectivity index (χ0n) is 9.30. The van der Waals surface area contributed by atoms with E-state index in [-0.39, 0.29) is 5.69 Å². The van der Waals surface area contributed by atoms with Crippen LogP contribution < -0.4 is 5.32 Å². The molecule has 0 aliphatic rings. The van der Waals surface area contributed by atoms with Crippen LogP contribution in [0, 0.1) is 6.92 Å². The van der Waals surface area contributed by atoms with Gasteiger partial charge in [-0.05, 0) is 24.6 Å². The Morgan fingerprint density at radius 1 is 1.53 bits per heavy atom. The molecule has 5 heteroatoms. The number of anilines is 1. The number of aromatic nitrogens is 1. The Morgan fingerprint density at radius 3 is 3.00 bits per heavy atom. The van der Waals surface area contributed by atoms with Crippen molar-refractivity contribution in [2.75, 3.05) is 5.32 Å². The fourth-order valence-electron chi connectivity index (χ4n) is 1.42. The Bertz CT molecular complexity index is 534. The third-order valence-corrected chi connectivity index (χ3v) is 2.23. The Kier molecular flexibility index (Phi) is 3.09. The van der Waals surface area contributed by atoms with Gasteiger partial charge in [-0.25, -0.2) is 9.78 Å². The standard InChI is InChI=1S/C12H12N2O3/c1-8-3-2-4-9(5-8)13-6-11-14-10(7-17-11)12(15)16/h2-5,7,13H,6H2,1H3,(H,15,16). The lowest BCUT2D eigenvalue weighted by molar-refractivity contribution is 0.0690. The van der Waals surface area contributed by atoms with Crippen LogP contribution in [0.4, 0.5) is 5.69 Å². The molecule has 0 bridgehead atoms. The minimum absolute atomic E-state index is 0.0777. The molecule has 0 radical (unpaired) electrons. The van der Waals surface area contributed by atoms with Gasteiger partial charge in [-0.2, -0.15) is 0 Å². The van der Waals surface area contributed by atoms with Crippen LogP contribution in [0.3, 0.4) is 0 Å². The largest absolute Gasteiger partial charge is 0.476 e. The maximum atomic E-state index is 10.6. The Balaban J connectivity index is 2.00. The first-order valence-electron chi connectivity index (χ1n) is 5.13. The Hall–Kier alpha value is -2.30. The van der Waals surface area contributed by atoms with E-state index in [0.29, 0.717) is 12.4 Å². The summed E-state index contributed by atoms with van der Waals surface area (Å²) in [6.45, 7) is 2.36. The Labute approximate surface area is 98.1 Å². The molecule has 2 N–H and O–H groups in total. The molecule has 5 nitrogen and oxygen atoms in total. The molecule has 0 saturated heterocycles. The lowest BCUT2D eigenvalue weighted by Gasteiger charge is -2.03. The van der Waals surface area contributed by atoms with Crippen LogP contribution >= 0.6 is 0 Å². The molecule has 0 atom stereocenters. The molecule has 0 aliphatic carbocycles. The number of benzene rings is 1. The van der Waals surface area contributed by atoms with Gasteiger partial charge >= 0.3 is 5.97 Å². The summed E-state index contributed by atoms with van der Waals surface area (Å²) in [5.41, 5.74) is 2.01. The molecule has 0 amide bonds. The molecule has 2 aromatic rings. The summed E-state index contributed by atoms with van der Waals surface area (Å²) in [7, 11) is 0. The molecule has 88 valence electrons. The zero-order chi connectivity index (χ0) is 12.3. The molecular formula is C12H12N2O3. The maximum Gasteiger partial charge on any atom is 0.357 e. The molecule has 1 aromatic heterocycles. The van der Waals surface area contributed by atoms with Gasteiger partial charge in [-0.3, -0.25) is 0 Å². The second-order valence-electron chi connectivity index (χ2n) is 3.65. The highest BCUT2D eigenvalue weighted by atomic mass is 16.4. The summed E-state index contributed by atoms with van der Waals surface area (Å²) in [6.07, 6.45) is 1.13. The number of carboxylic acids is 1. The number of aromatic carboxylic acids is 1. The second-order valence-corrected chi connectivity index (χ2v) is 3.65. The molecule has 0 aliphatic heterocycles. The van der Waals surface area contributed by atoms with E-state index in [4.69, 9.17) is 9.52 Å². The van der Waals surface area contributed by atoms with Gasteiger partial charge in [0.05, 0.1) is 6.54 Å². The minimum Gasteiger partial charge on any atom is -0.476 e. The third-order valence-electron chi connectivity index (χ3n) is 2.23. The van der Waals surface area contributed by atoms with Gasteiger partial charge in [0.2, 0.25) is 5.89 Å². The summed E-state index contributed by atoms with van der Waals surface area (Å²) in [6, 6.07) is 7.85. The average molecular weight is 232 g/mol. The fourth-order valence-corrected chi connectivity index (χ4v) is 1.42. The molecule has 0 spiro atoms. The van der Waals surface area contributed by atoms with Crippen molar-refractivity contribution in [3.63, 3.8) is 0 Å². The predicted molar refractivity (Wildman–Crippen MR) is 62.0 cm³/mol. The van der Waals surface area contributed by atoms with Crippen LogP contribution in [0.5, 0.6) is 0 Å². The maximum absolute atomic E-state index is 10.6. The number of carboxylic acid groups (broad SMARTS) is 1. The van der Waals surface area contributed by atoms with E-state index in [9.17, 15) is 4.79 Å². The summed E-state index contributed by atoms with van der Waals surface area (Å²) in [4.78, 5) is 14.4. The summed E-state index contributed by atoms with van der Waals surface area (Å²) >= 11 is 0. The van der Waals surface area contributed by atoms with Crippen molar-refractivity contribution < 1.29 is 14.3 Å². The molecule has 0 unspecified atom stereocenters. The van der Waals surface area contributed by atoms with E-state index < -0.39 is 5.97 Å². The average Bonchev–Trinajstić information content (AvgIpc) is 2.75. The Morgan fingerprint density at radius 2 is 2.35 bits per heavy atom. The third kappa shape index (κ3) is 2.84. The summed E-state index contributed by atoms with van der Waals surface area (Å²) in [5.74, 6) is -0.737. The van der Waals surface area contributed by atoms with Gasteiger partial charge in [-0.15, -0.1) is 0 Å². The van der Waals surface area contributed by atoms with Crippen molar-refractivity contribution in [1.82, 2.24) is 4.98 Å². The van der Waals surface area contributed by atoms with Crippen molar-refractivity contribution in [3.05, 3.63) is 47.7 Å². The van der Waals surface area contributed by atoms with Crippen LogP contribution in [-0.2, 0) is 6.54 Å². The van der Waals surface area contributed by atoms with Gasteiger partial charge in [-0.1, -0.05) is 12.1 Å². The van der Waals surface area contributed by atoms with Gasteiger partial charge in [0.15, 0.2) is 5.69 Å². The van der Waals surface area contributed by atoms with Crippen LogP contribution in [0.2, 0.25) is 0 Å². The number of oxazole rings is 1. The highest BCUT2D eigenvalue weighted by Crippen LogP contribution is 2.11. The van der Waals surface area contributed by atoms with Crippen molar-refractivity contribution in [2.24, 2.45) is 0 Å². The van der Waals surface area contributed by atoms with Gasteiger partial charge < -0.3 is 14.8 Å². The zero-order valence-corrected chi connectivity index (χ0v) is 9.30. The highest BCUT2D eigenvalue weighted by molar-refractivity contribution is 5.84. The van der Waals surface area contributed by atoms with Crippen LogP contribution in [0.25, 0.3) is 0 Å². The molecular weight excluding hydrogens is 220 g/mol. The lowest BCUT2D eigenvalue weighted by Crippen LogP contribution is -2.01. The number of hydrogen-bond acceptors (Lipinski definition) is 4.